The first kappa shape index (κ1) is 14.6. The van der Waals surface area contributed by atoms with Crippen molar-refractivity contribution in [2.75, 3.05) is 0 Å². The molecule has 2 fully saturated rings. The van der Waals surface area contributed by atoms with Crippen LogP contribution < -0.4 is 5.32 Å². The van der Waals surface area contributed by atoms with Gasteiger partial charge >= 0.3 is 0 Å². The second-order valence-electron chi connectivity index (χ2n) is 7.28. The van der Waals surface area contributed by atoms with Gasteiger partial charge in [-0.15, -0.1) is 0 Å². The molecule has 1 aromatic carbocycles. The van der Waals surface area contributed by atoms with Crippen molar-refractivity contribution < 1.29 is 4.79 Å². The lowest BCUT2D eigenvalue weighted by Gasteiger charge is -2.26. The highest BCUT2D eigenvalue weighted by molar-refractivity contribution is 5.85. The highest BCUT2D eigenvalue weighted by atomic mass is 16.2. The maximum Gasteiger partial charge on any atom is 0.241 e. The van der Waals surface area contributed by atoms with Crippen molar-refractivity contribution in [1.29, 1.82) is 0 Å². The van der Waals surface area contributed by atoms with Gasteiger partial charge in [-0.1, -0.05) is 57.0 Å². The van der Waals surface area contributed by atoms with Gasteiger partial charge in [-0.05, 0) is 30.7 Å². The van der Waals surface area contributed by atoms with Crippen molar-refractivity contribution in [2.45, 2.75) is 65.2 Å². The second-order valence-corrected chi connectivity index (χ2v) is 7.28. The molecule has 3 heteroatoms. The molecule has 1 heterocycles. The van der Waals surface area contributed by atoms with Gasteiger partial charge in [0.05, 0.1) is 6.04 Å². The van der Waals surface area contributed by atoms with Crippen LogP contribution in [0.5, 0.6) is 0 Å². The van der Waals surface area contributed by atoms with E-state index < -0.39 is 0 Å². The number of nitrogens with zero attached hydrogens (tertiary/aromatic N) is 1. The number of hydrogen-bond donors (Lipinski definition) is 1. The summed E-state index contributed by atoms with van der Waals surface area (Å²) in [5.74, 6) is 0.290. The Balaban J connectivity index is 1.89. The predicted octanol–water partition coefficient (Wildman–Crippen LogP) is 3.39. The highest BCUT2D eigenvalue weighted by Crippen LogP contribution is 2.52. The summed E-state index contributed by atoms with van der Waals surface area (Å²) in [6, 6.07) is 8.92. The monoisotopic (exact) mass is 286 g/mol. The molecular formula is C18H26N2O. The molecule has 3 unspecified atom stereocenters. The zero-order valence-electron chi connectivity index (χ0n) is 13.5. The summed E-state index contributed by atoms with van der Waals surface area (Å²) < 4.78 is 0. The van der Waals surface area contributed by atoms with Crippen molar-refractivity contribution in [3.63, 3.8) is 0 Å². The van der Waals surface area contributed by atoms with Crippen molar-refractivity contribution in [3.05, 3.63) is 35.4 Å². The van der Waals surface area contributed by atoms with Crippen molar-refractivity contribution in [2.24, 2.45) is 5.41 Å². The Bertz CT molecular complexity index is 535. The van der Waals surface area contributed by atoms with Crippen LogP contribution in [0.4, 0.5) is 0 Å². The van der Waals surface area contributed by atoms with Gasteiger partial charge in [0.1, 0.15) is 6.17 Å². The zero-order chi connectivity index (χ0) is 15.2. The maximum absolute atomic E-state index is 12.8. The summed E-state index contributed by atoms with van der Waals surface area (Å²) in [6.45, 7) is 8.74. The molecule has 2 aliphatic rings. The molecule has 0 bridgehead atoms. The second kappa shape index (κ2) is 5.13. The highest BCUT2D eigenvalue weighted by Gasteiger charge is 2.56. The molecule has 3 nitrogen and oxygen atoms in total. The van der Waals surface area contributed by atoms with Crippen molar-refractivity contribution >= 4 is 5.91 Å². The molecule has 0 radical (unpaired) electrons. The molecular weight excluding hydrogens is 260 g/mol. The molecule has 114 valence electrons. The van der Waals surface area contributed by atoms with Crippen molar-refractivity contribution in [3.8, 4) is 0 Å². The molecule has 1 saturated carbocycles. The standard InChI is InChI=1S/C18H26N2O/c1-5-6-14-17(21)20(15-11-18(15,3)4)16(19-14)13-9-7-12(2)8-10-13/h7-10,14-16,19H,5-6,11H2,1-4H3. The van der Waals surface area contributed by atoms with E-state index in [2.05, 4.69) is 62.2 Å². The van der Waals surface area contributed by atoms with Crippen LogP contribution >= 0.6 is 0 Å². The fourth-order valence-electron chi connectivity index (χ4n) is 3.40. The Hall–Kier alpha value is -1.35. The van der Waals surface area contributed by atoms with E-state index >= 15 is 0 Å². The minimum atomic E-state index is -0.0160. The number of aryl methyl sites for hydroxylation is 1. The van der Waals surface area contributed by atoms with Crippen LogP contribution in [0.2, 0.25) is 0 Å². The van der Waals surface area contributed by atoms with Crippen LogP contribution in [0.1, 0.15) is 57.3 Å². The van der Waals surface area contributed by atoms with E-state index in [-0.39, 0.29) is 23.5 Å². The van der Waals surface area contributed by atoms with Gasteiger partial charge in [0.15, 0.2) is 0 Å². The van der Waals surface area contributed by atoms with Crippen LogP contribution in [0.25, 0.3) is 0 Å². The number of benzene rings is 1. The quantitative estimate of drug-likeness (QED) is 0.920. The Labute approximate surface area is 127 Å². The number of nitrogens with one attached hydrogen (secondary N) is 1. The van der Waals surface area contributed by atoms with E-state index in [0.717, 1.165) is 19.3 Å². The Morgan fingerprint density at radius 2 is 1.90 bits per heavy atom. The SMILES string of the molecule is CCCC1NC(c2ccc(C)cc2)N(C2CC2(C)C)C1=O. The van der Waals surface area contributed by atoms with Crippen molar-refractivity contribution in [1.82, 2.24) is 10.2 Å². The normalized spacial score (nSPS) is 30.8. The fourth-order valence-corrected chi connectivity index (χ4v) is 3.40. The summed E-state index contributed by atoms with van der Waals surface area (Å²) in [6.07, 6.45) is 3.11. The number of carbonyl (C=O) groups excluding carboxylic acids is 1. The first-order chi connectivity index (χ1) is 9.94. The van der Waals surface area contributed by atoms with Crippen LogP contribution in [0.3, 0.4) is 0 Å². The Morgan fingerprint density at radius 1 is 1.29 bits per heavy atom. The molecule has 21 heavy (non-hydrogen) atoms. The zero-order valence-corrected chi connectivity index (χ0v) is 13.5. The molecule has 3 rings (SSSR count). The number of rotatable bonds is 4. The smallest absolute Gasteiger partial charge is 0.241 e. The van der Waals surface area contributed by atoms with E-state index in [0.29, 0.717) is 6.04 Å². The summed E-state index contributed by atoms with van der Waals surface area (Å²) >= 11 is 0. The number of carbonyl (C=O) groups is 1. The third-order valence-electron chi connectivity index (χ3n) is 4.96. The minimum absolute atomic E-state index is 0.0160. The average Bonchev–Trinajstić information content (AvgIpc) is 2.93. The molecule has 1 N–H and O–H groups in total. The topological polar surface area (TPSA) is 32.3 Å². The third kappa shape index (κ3) is 2.59. The molecule has 1 aromatic rings. The van der Waals surface area contributed by atoms with Crippen LogP contribution in [-0.4, -0.2) is 22.9 Å². The average molecular weight is 286 g/mol. The van der Waals surface area contributed by atoms with Gasteiger partial charge in [-0.2, -0.15) is 0 Å². The molecule has 1 amide bonds. The van der Waals surface area contributed by atoms with Gasteiger partial charge < -0.3 is 4.90 Å². The summed E-state index contributed by atoms with van der Waals surface area (Å²) in [5, 5.41) is 3.56. The summed E-state index contributed by atoms with van der Waals surface area (Å²) in [4.78, 5) is 14.9. The molecule has 0 aromatic heterocycles. The van der Waals surface area contributed by atoms with E-state index in [1.54, 1.807) is 0 Å². The molecule has 1 aliphatic carbocycles. The third-order valence-corrected chi connectivity index (χ3v) is 4.96. The Kier molecular flexibility index (Phi) is 3.56. The fraction of sp³-hybridized carbons (Fsp3) is 0.611. The van der Waals surface area contributed by atoms with Gasteiger partial charge in [0.2, 0.25) is 5.91 Å². The maximum atomic E-state index is 12.8. The lowest BCUT2D eigenvalue weighted by Crippen LogP contribution is -2.35. The van der Waals surface area contributed by atoms with Gasteiger partial charge in [0.25, 0.3) is 0 Å². The first-order valence-corrected chi connectivity index (χ1v) is 8.09. The first-order valence-electron chi connectivity index (χ1n) is 8.09. The molecule has 1 aliphatic heterocycles. The van der Waals surface area contributed by atoms with E-state index in [1.165, 1.54) is 11.1 Å². The van der Waals surface area contributed by atoms with Crippen LogP contribution in [-0.2, 0) is 4.79 Å². The summed E-state index contributed by atoms with van der Waals surface area (Å²) in [5.41, 5.74) is 2.73. The predicted molar refractivity (Wildman–Crippen MR) is 84.8 cm³/mol. The largest absolute Gasteiger partial charge is 0.318 e. The molecule has 1 saturated heterocycles. The number of hydrogen-bond acceptors (Lipinski definition) is 2. The van der Waals surface area contributed by atoms with Gasteiger partial charge in [0, 0.05) is 6.04 Å². The lowest BCUT2D eigenvalue weighted by atomic mass is 10.1. The molecule has 0 spiro atoms. The van der Waals surface area contributed by atoms with E-state index in [9.17, 15) is 4.79 Å². The summed E-state index contributed by atoms with van der Waals surface area (Å²) in [7, 11) is 0. The number of amides is 1. The van der Waals surface area contributed by atoms with Crippen LogP contribution in [0.15, 0.2) is 24.3 Å². The Morgan fingerprint density at radius 3 is 2.43 bits per heavy atom. The van der Waals surface area contributed by atoms with Crippen LogP contribution in [0, 0.1) is 12.3 Å². The van der Waals surface area contributed by atoms with E-state index in [1.807, 2.05) is 0 Å². The van der Waals surface area contributed by atoms with Gasteiger partial charge in [-0.25, -0.2) is 0 Å². The van der Waals surface area contributed by atoms with Gasteiger partial charge in [-0.3, -0.25) is 10.1 Å². The van der Waals surface area contributed by atoms with E-state index in [4.69, 9.17) is 0 Å². The minimum Gasteiger partial charge on any atom is -0.318 e. The molecule has 3 atom stereocenters. The lowest BCUT2D eigenvalue weighted by molar-refractivity contribution is -0.131.